The Hall–Kier alpha value is -2.93. The summed E-state index contributed by atoms with van der Waals surface area (Å²) in [6.07, 6.45) is -0.973. The first-order chi connectivity index (χ1) is 12.6. The van der Waals surface area contributed by atoms with Crippen LogP contribution in [0.15, 0.2) is 36.4 Å². The average Bonchev–Trinajstić information content (AvgIpc) is 3.08. The molecular formula is C18H15ClN2O5. The van der Waals surface area contributed by atoms with Gasteiger partial charge in [-0.15, -0.1) is 0 Å². The molecule has 2 N–H and O–H groups in total. The second-order valence-corrected chi connectivity index (χ2v) is 6.34. The van der Waals surface area contributed by atoms with Crippen LogP contribution in [-0.4, -0.2) is 24.7 Å². The van der Waals surface area contributed by atoms with E-state index in [4.69, 9.17) is 25.8 Å². The largest absolute Gasteiger partial charge is 0.478 e. The number of benzene rings is 2. The van der Waals surface area contributed by atoms with Crippen molar-refractivity contribution in [1.29, 1.82) is 0 Å². The smallest absolute Gasteiger partial charge is 0.266 e. The van der Waals surface area contributed by atoms with Gasteiger partial charge in [-0.3, -0.25) is 9.59 Å². The summed E-state index contributed by atoms with van der Waals surface area (Å²) >= 11 is 5.89. The van der Waals surface area contributed by atoms with E-state index in [1.165, 1.54) is 0 Å². The van der Waals surface area contributed by atoms with E-state index in [1.807, 2.05) is 12.1 Å². The molecule has 0 aliphatic carbocycles. The van der Waals surface area contributed by atoms with E-state index in [9.17, 15) is 9.59 Å². The molecular weight excluding hydrogens is 360 g/mol. The molecule has 2 aromatic rings. The molecule has 134 valence electrons. The number of carbonyl (C=O) groups is 2. The molecule has 2 aliphatic heterocycles. The molecule has 0 bridgehead atoms. The monoisotopic (exact) mass is 374 g/mol. The van der Waals surface area contributed by atoms with E-state index in [1.54, 1.807) is 24.3 Å². The van der Waals surface area contributed by atoms with Crippen molar-refractivity contribution in [3.05, 3.63) is 47.0 Å². The molecule has 2 heterocycles. The Bertz CT molecular complexity index is 886. The molecule has 2 amide bonds. The van der Waals surface area contributed by atoms with Gasteiger partial charge in [0.05, 0.1) is 12.1 Å². The van der Waals surface area contributed by atoms with Crippen molar-refractivity contribution in [2.75, 3.05) is 12.1 Å². The van der Waals surface area contributed by atoms with Crippen LogP contribution in [-0.2, 0) is 16.1 Å². The highest BCUT2D eigenvalue weighted by Gasteiger charge is 2.29. The summed E-state index contributed by atoms with van der Waals surface area (Å²) in [7, 11) is 0. The van der Waals surface area contributed by atoms with Gasteiger partial charge in [-0.2, -0.15) is 0 Å². The molecule has 7 nitrogen and oxygen atoms in total. The lowest BCUT2D eigenvalue weighted by Gasteiger charge is -2.25. The number of hydrogen-bond acceptors (Lipinski definition) is 5. The van der Waals surface area contributed by atoms with Crippen LogP contribution in [0.2, 0.25) is 5.02 Å². The minimum absolute atomic E-state index is 0.0849. The summed E-state index contributed by atoms with van der Waals surface area (Å²) in [6.45, 7) is 0.516. The molecule has 0 saturated carbocycles. The molecule has 2 aliphatic rings. The fraction of sp³-hybridized carbons (Fsp3) is 0.222. The molecule has 0 saturated heterocycles. The van der Waals surface area contributed by atoms with Crippen LogP contribution in [0.3, 0.4) is 0 Å². The number of rotatable bonds is 4. The summed E-state index contributed by atoms with van der Waals surface area (Å²) in [6, 6.07) is 10.4. The maximum atomic E-state index is 12.2. The number of anilines is 1. The third-order valence-corrected chi connectivity index (χ3v) is 4.29. The van der Waals surface area contributed by atoms with Crippen molar-refractivity contribution >= 4 is 29.1 Å². The molecule has 4 rings (SSSR count). The zero-order valence-corrected chi connectivity index (χ0v) is 14.3. The fourth-order valence-corrected chi connectivity index (χ4v) is 2.92. The van der Waals surface area contributed by atoms with Crippen LogP contribution in [0.1, 0.15) is 12.0 Å². The topological polar surface area (TPSA) is 85.9 Å². The Morgan fingerprint density at radius 3 is 2.85 bits per heavy atom. The first-order valence-corrected chi connectivity index (χ1v) is 8.38. The second-order valence-electron chi connectivity index (χ2n) is 5.90. The number of carbonyl (C=O) groups excluding carboxylic acids is 2. The molecule has 2 aromatic carbocycles. The van der Waals surface area contributed by atoms with Gasteiger partial charge in [0.25, 0.3) is 5.91 Å². The Balaban J connectivity index is 1.35. The molecule has 0 radical (unpaired) electrons. The van der Waals surface area contributed by atoms with Gasteiger partial charge in [0.1, 0.15) is 5.75 Å². The predicted octanol–water partition coefficient (Wildman–Crippen LogP) is 2.47. The zero-order chi connectivity index (χ0) is 18.1. The van der Waals surface area contributed by atoms with Gasteiger partial charge in [0.15, 0.2) is 17.6 Å². The summed E-state index contributed by atoms with van der Waals surface area (Å²) in [5.41, 5.74) is 1.37. The number of fused-ring (bicyclic) bond motifs is 2. The number of nitrogens with one attached hydrogen (secondary N) is 2. The number of ether oxygens (including phenoxy) is 3. The minimum Gasteiger partial charge on any atom is -0.478 e. The Kier molecular flexibility index (Phi) is 4.30. The van der Waals surface area contributed by atoms with Crippen LogP contribution in [0, 0.1) is 0 Å². The van der Waals surface area contributed by atoms with Crippen molar-refractivity contribution in [2.45, 2.75) is 19.1 Å². The van der Waals surface area contributed by atoms with Crippen LogP contribution < -0.4 is 24.8 Å². The molecule has 1 atom stereocenters. The Morgan fingerprint density at radius 1 is 1.15 bits per heavy atom. The van der Waals surface area contributed by atoms with Crippen molar-refractivity contribution in [3.63, 3.8) is 0 Å². The Morgan fingerprint density at radius 2 is 1.96 bits per heavy atom. The molecule has 0 fully saturated rings. The maximum Gasteiger partial charge on any atom is 0.266 e. The van der Waals surface area contributed by atoms with Gasteiger partial charge >= 0.3 is 0 Å². The van der Waals surface area contributed by atoms with Crippen molar-refractivity contribution in [3.8, 4) is 17.2 Å². The van der Waals surface area contributed by atoms with Crippen molar-refractivity contribution < 1.29 is 23.8 Å². The van der Waals surface area contributed by atoms with Gasteiger partial charge in [-0.25, -0.2) is 0 Å². The lowest BCUT2D eigenvalue weighted by Crippen LogP contribution is -2.40. The molecule has 0 unspecified atom stereocenters. The quantitative estimate of drug-likeness (QED) is 0.858. The van der Waals surface area contributed by atoms with E-state index >= 15 is 0 Å². The van der Waals surface area contributed by atoms with Crippen molar-refractivity contribution in [1.82, 2.24) is 5.32 Å². The number of halogens is 1. The highest BCUT2D eigenvalue weighted by atomic mass is 35.5. The first-order valence-electron chi connectivity index (χ1n) is 8.01. The molecule has 0 aromatic heterocycles. The third kappa shape index (κ3) is 3.39. The Labute approximate surface area is 154 Å². The van der Waals surface area contributed by atoms with Gasteiger partial charge in [-0.05, 0) is 35.9 Å². The van der Waals surface area contributed by atoms with Crippen molar-refractivity contribution in [2.24, 2.45) is 0 Å². The summed E-state index contributed by atoms with van der Waals surface area (Å²) in [4.78, 5) is 24.3. The highest BCUT2D eigenvalue weighted by Crippen LogP contribution is 2.33. The van der Waals surface area contributed by atoms with E-state index < -0.39 is 6.10 Å². The van der Waals surface area contributed by atoms with Crippen LogP contribution in [0.4, 0.5) is 5.69 Å². The van der Waals surface area contributed by atoms with Crippen LogP contribution in [0.5, 0.6) is 17.2 Å². The number of amides is 2. The standard InChI is InChI=1S/C18H15ClN2O5/c19-11-2-4-13-12(6-11)21-18(23)16(26-13)7-17(22)20-8-10-1-3-14-15(5-10)25-9-24-14/h1-6,16H,7-9H2,(H,20,22)(H,21,23)/t16-/m0/s1. The fourth-order valence-electron chi connectivity index (χ4n) is 2.75. The van der Waals surface area contributed by atoms with E-state index in [-0.39, 0.29) is 25.0 Å². The van der Waals surface area contributed by atoms with Crippen LogP contribution >= 0.6 is 11.6 Å². The molecule has 0 spiro atoms. The van der Waals surface area contributed by atoms with E-state index in [0.29, 0.717) is 34.5 Å². The highest BCUT2D eigenvalue weighted by molar-refractivity contribution is 6.31. The lowest BCUT2D eigenvalue weighted by atomic mass is 10.1. The summed E-state index contributed by atoms with van der Waals surface area (Å²) < 4.78 is 16.2. The SMILES string of the molecule is O=C(C[C@@H]1Oc2ccc(Cl)cc2NC1=O)NCc1ccc2c(c1)OCO2. The predicted molar refractivity (Wildman–Crippen MR) is 93.5 cm³/mol. The van der Waals surface area contributed by atoms with Gasteiger partial charge < -0.3 is 24.8 Å². The van der Waals surface area contributed by atoms with Gasteiger partial charge in [0, 0.05) is 11.6 Å². The number of hydrogen-bond donors (Lipinski definition) is 2. The normalized spacial score (nSPS) is 17.1. The average molecular weight is 375 g/mol. The van der Waals surface area contributed by atoms with Gasteiger partial charge in [-0.1, -0.05) is 17.7 Å². The lowest BCUT2D eigenvalue weighted by molar-refractivity contribution is -0.130. The molecule has 26 heavy (non-hydrogen) atoms. The minimum atomic E-state index is -0.888. The molecule has 8 heteroatoms. The summed E-state index contributed by atoms with van der Waals surface area (Å²) in [5, 5.41) is 5.97. The zero-order valence-electron chi connectivity index (χ0n) is 13.6. The van der Waals surface area contributed by atoms with Crippen LogP contribution in [0.25, 0.3) is 0 Å². The maximum absolute atomic E-state index is 12.2. The second kappa shape index (κ2) is 6.76. The van der Waals surface area contributed by atoms with E-state index in [2.05, 4.69) is 10.6 Å². The van der Waals surface area contributed by atoms with Gasteiger partial charge in [0.2, 0.25) is 12.7 Å². The van der Waals surface area contributed by atoms with E-state index in [0.717, 1.165) is 5.56 Å². The third-order valence-electron chi connectivity index (χ3n) is 4.06. The summed E-state index contributed by atoms with van der Waals surface area (Å²) in [5.74, 6) is 1.16. The first kappa shape index (κ1) is 16.5.